The minimum absolute atomic E-state index is 0.156. The van der Waals surface area contributed by atoms with Gasteiger partial charge in [0.2, 0.25) is 5.91 Å². The molecule has 4 rings (SSSR count). The van der Waals surface area contributed by atoms with Crippen LogP contribution in [0.4, 0.5) is 5.69 Å². The Kier molecular flexibility index (Phi) is 6.41. The first kappa shape index (κ1) is 21.1. The summed E-state index contributed by atoms with van der Waals surface area (Å²) in [6, 6.07) is 26.3. The SMILES string of the molecule is CC(NC(=O)c1ccccc1NC(=O)Cc1cnn(-c2ccccc2)c1)c1ccccc1. The van der Waals surface area contributed by atoms with Gasteiger partial charge in [0.25, 0.3) is 5.91 Å². The average molecular weight is 425 g/mol. The van der Waals surface area contributed by atoms with Gasteiger partial charge < -0.3 is 10.6 Å². The van der Waals surface area contributed by atoms with E-state index in [0.29, 0.717) is 11.3 Å². The second-order valence-corrected chi connectivity index (χ2v) is 7.51. The van der Waals surface area contributed by atoms with E-state index in [1.54, 1.807) is 35.1 Å². The van der Waals surface area contributed by atoms with Crippen LogP contribution in [-0.4, -0.2) is 21.6 Å². The lowest BCUT2D eigenvalue weighted by molar-refractivity contribution is -0.115. The number of carbonyl (C=O) groups is 2. The maximum Gasteiger partial charge on any atom is 0.253 e. The quantitative estimate of drug-likeness (QED) is 0.457. The monoisotopic (exact) mass is 424 g/mol. The van der Waals surface area contributed by atoms with Gasteiger partial charge in [0.1, 0.15) is 0 Å². The molecule has 4 aromatic rings. The maximum absolute atomic E-state index is 12.9. The number of hydrogen-bond donors (Lipinski definition) is 2. The fourth-order valence-electron chi connectivity index (χ4n) is 3.44. The van der Waals surface area contributed by atoms with E-state index in [9.17, 15) is 9.59 Å². The third kappa shape index (κ3) is 5.10. The molecule has 2 amide bonds. The molecule has 3 aromatic carbocycles. The number of amides is 2. The summed E-state index contributed by atoms with van der Waals surface area (Å²) in [5.74, 6) is -0.455. The third-order valence-electron chi connectivity index (χ3n) is 5.11. The van der Waals surface area contributed by atoms with Crippen LogP contribution < -0.4 is 10.6 Å². The predicted octanol–water partition coefficient (Wildman–Crippen LogP) is 4.54. The van der Waals surface area contributed by atoms with Crippen molar-refractivity contribution in [1.29, 1.82) is 0 Å². The Balaban J connectivity index is 1.42. The molecule has 0 fully saturated rings. The van der Waals surface area contributed by atoms with E-state index in [4.69, 9.17) is 0 Å². The summed E-state index contributed by atoms with van der Waals surface area (Å²) in [6.07, 6.45) is 3.66. The van der Waals surface area contributed by atoms with Crippen LogP contribution in [0.25, 0.3) is 5.69 Å². The molecular formula is C26H24N4O2. The van der Waals surface area contributed by atoms with Gasteiger partial charge in [0.15, 0.2) is 0 Å². The summed E-state index contributed by atoms with van der Waals surface area (Å²) < 4.78 is 1.73. The molecule has 0 aliphatic carbocycles. The van der Waals surface area contributed by atoms with Crippen LogP contribution in [0.15, 0.2) is 97.3 Å². The van der Waals surface area contributed by atoms with Crippen molar-refractivity contribution < 1.29 is 9.59 Å². The number of hydrogen-bond acceptors (Lipinski definition) is 3. The first-order valence-electron chi connectivity index (χ1n) is 10.4. The first-order chi connectivity index (χ1) is 15.6. The molecule has 2 N–H and O–H groups in total. The van der Waals surface area contributed by atoms with E-state index >= 15 is 0 Å². The van der Waals surface area contributed by atoms with E-state index in [1.165, 1.54) is 0 Å². The van der Waals surface area contributed by atoms with Gasteiger partial charge in [0, 0.05) is 6.20 Å². The van der Waals surface area contributed by atoms with Gasteiger partial charge >= 0.3 is 0 Å². The van der Waals surface area contributed by atoms with Gasteiger partial charge in [-0.25, -0.2) is 4.68 Å². The van der Waals surface area contributed by atoms with Gasteiger partial charge in [-0.3, -0.25) is 9.59 Å². The molecule has 0 radical (unpaired) electrons. The molecule has 6 heteroatoms. The van der Waals surface area contributed by atoms with Crippen molar-refractivity contribution in [2.24, 2.45) is 0 Å². The zero-order valence-corrected chi connectivity index (χ0v) is 17.7. The summed E-state index contributed by atoms with van der Waals surface area (Å²) in [4.78, 5) is 25.5. The van der Waals surface area contributed by atoms with Crippen LogP contribution in [0.1, 0.15) is 34.5 Å². The van der Waals surface area contributed by atoms with Crippen LogP contribution in [0.2, 0.25) is 0 Å². The smallest absolute Gasteiger partial charge is 0.253 e. The summed E-state index contributed by atoms with van der Waals surface area (Å²) in [5.41, 5.74) is 3.62. The molecule has 0 aliphatic heterocycles. The Morgan fingerprint density at radius 1 is 0.906 bits per heavy atom. The molecule has 0 saturated carbocycles. The largest absolute Gasteiger partial charge is 0.345 e. The Morgan fingerprint density at radius 2 is 1.56 bits per heavy atom. The number of nitrogens with zero attached hydrogens (tertiary/aromatic N) is 2. The lowest BCUT2D eigenvalue weighted by atomic mass is 10.1. The zero-order chi connectivity index (χ0) is 22.3. The molecule has 32 heavy (non-hydrogen) atoms. The van der Waals surface area contributed by atoms with E-state index in [0.717, 1.165) is 16.8 Å². The number of carbonyl (C=O) groups excluding carboxylic acids is 2. The Morgan fingerprint density at radius 3 is 2.31 bits per heavy atom. The van der Waals surface area contributed by atoms with E-state index in [-0.39, 0.29) is 24.3 Å². The predicted molar refractivity (Wildman–Crippen MR) is 125 cm³/mol. The molecule has 160 valence electrons. The normalized spacial score (nSPS) is 11.5. The number of nitrogens with one attached hydrogen (secondary N) is 2. The summed E-state index contributed by atoms with van der Waals surface area (Å²) in [7, 11) is 0. The van der Waals surface area contributed by atoms with E-state index in [1.807, 2.05) is 73.8 Å². The summed E-state index contributed by atoms with van der Waals surface area (Å²) >= 11 is 0. The van der Waals surface area contributed by atoms with Crippen LogP contribution >= 0.6 is 0 Å². The topological polar surface area (TPSA) is 76.0 Å². The van der Waals surface area contributed by atoms with E-state index < -0.39 is 0 Å². The molecule has 0 spiro atoms. The molecule has 0 bridgehead atoms. The lowest BCUT2D eigenvalue weighted by Crippen LogP contribution is -2.28. The summed E-state index contributed by atoms with van der Waals surface area (Å²) in [6.45, 7) is 1.93. The van der Waals surface area contributed by atoms with Gasteiger partial charge in [-0.15, -0.1) is 0 Å². The van der Waals surface area contributed by atoms with Crippen molar-refractivity contribution >= 4 is 17.5 Å². The van der Waals surface area contributed by atoms with Crippen molar-refractivity contribution in [1.82, 2.24) is 15.1 Å². The molecular weight excluding hydrogens is 400 g/mol. The van der Waals surface area contributed by atoms with Crippen molar-refractivity contribution in [3.05, 3.63) is 114 Å². The fraction of sp³-hybridized carbons (Fsp3) is 0.115. The second kappa shape index (κ2) is 9.75. The van der Waals surface area contributed by atoms with Crippen molar-refractivity contribution in [2.75, 3.05) is 5.32 Å². The number of benzene rings is 3. The molecule has 0 aliphatic rings. The Bertz CT molecular complexity index is 1200. The Hall–Kier alpha value is -4.19. The third-order valence-corrected chi connectivity index (χ3v) is 5.11. The van der Waals surface area contributed by atoms with Crippen molar-refractivity contribution in [3.8, 4) is 5.69 Å². The standard InChI is InChI=1S/C26H24N4O2/c1-19(21-10-4-2-5-11-21)28-26(32)23-14-8-9-15-24(23)29-25(31)16-20-17-27-30(18-20)22-12-6-3-7-13-22/h2-15,17-19H,16H2,1H3,(H,28,32)(H,29,31). The van der Waals surface area contributed by atoms with Gasteiger partial charge in [-0.2, -0.15) is 5.10 Å². The van der Waals surface area contributed by atoms with Gasteiger partial charge in [-0.1, -0.05) is 60.7 Å². The van der Waals surface area contributed by atoms with Crippen molar-refractivity contribution in [3.63, 3.8) is 0 Å². The second-order valence-electron chi connectivity index (χ2n) is 7.51. The highest BCUT2D eigenvalue weighted by atomic mass is 16.2. The average Bonchev–Trinajstić information content (AvgIpc) is 3.29. The highest BCUT2D eigenvalue weighted by Crippen LogP contribution is 2.18. The number of rotatable bonds is 7. The molecule has 1 heterocycles. The highest BCUT2D eigenvalue weighted by Gasteiger charge is 2.16. The molecule has 6 nitrogen and oxygen atoms in total. The van der Waals surface area contributed by atoms with Gasteiger partial charge in [0.05, 0.1) is 35.6 Å². The lowest BCUT2D eigenvalue weighted by Gasteiger charge is -2.16. The molecule has 1 unspecified atom stereocenters. The number of aromatic nitrogens is 2. The van der Waals surface area contributed by atoms with Crippen LogP contribution in [0.5, 0.6) is 0 Å². The zero-order valence-electron chi connectivity index (χ0n) is 17.7. The first-order valence-corrected chi connectivity index (χ1v) is 10.4. The van der Waals surface area contributed by atoms with Crippen LogP contribution in [0.3, 0.4) is 0 Å². The summed E-state index contributed by atoms with van der Waals surface area (Å²) in [5, 5.41) is 10.2. The highest BCUT2D eigenvalue weighted by molar-refractivity contribution is 6.04. The van der Waals surface area contributed by atoms with Crippen LogP contribution in [-0.2, 0) is 11.2 Å². The Labute approximate surface area is 186 Å². The van der Waals surface area contributed by atoms with Crippen molar-refractivity contribution in [2.45, 2.75) is 19.4 Å². The van der Waals surface area contributed by atoms with Gasteiger partial charge in [-0.05, 0) is 42.3 Å². The fourth-order valence-corrected chi connectivity index (χ4v) is 3.44. The van der Waals surface area contributed by atoms with E-state index in [2.05, 4.69) is 15.7 Å². The number of para-hydroxylation sites is 2. The molecule has 1 aromatic heterocycles. The molecule has 1 atom stereocenters. The minimum atomic E-state index is -0.242. The molecule has 0 saturated heterocycles. The van der Waals surface area contributed by atoms with Crippen LogP contribution in [0, 0.1) is 0 Å². The maximum atomic E-state index is 12.9. The number of anilines is 1. The minimum Gasteiger partial charge on any atom is -0.345 e.